The summed E-state index contributed by atoms with van der Waals surface area (Å²) < 4.78 is 31.4. The normalized spacial score (nSPS) is 11.4. The van der Waals surface area contributed by atoms with E-state index in [2.05, 4.69) is 5.32 Å². The van der Waals surface area contributed by atoms with E-state index in [4.69, 9.17) is 4.55 Å². The Kier molecular flexibility index (Phi) is 4.09. The van der Waals surface area contributed by atoms with Crippen molar-refractivity contribution in [2.75, 3.05) is 5.32 Å². The number of rotatable bonds is 3. The molecule has 0 saturated carbocycles. The molecule has 0 fully saturated rings. The van der Waals surface area contributed by atoms with Crippen LogP contribution in [0, 0.1) is 6.92 Å². The summed E-state index contributed by atoms with van der Waals surface area (Å²) in [5, 5.41) is 4.21. The highest BCUT2D eigenvalue weighted by atomic mass is 32.2. The van der Waals surface area contributed by atoms with Crippen molar-refractivity contribution < 1.29 is 17.8 Å². The molecule has 0 heterocycles. The Morgan fingerprint density at radius 3 is 2.21 bits per heavy atom. The number of hydrogen-bond donors (Lipinski definition) is 2. The summed E-state index contributed by atoms with van der Waals surface area (Å²) in [6.45, 7) is 1.95. The van der Waals surface area contributed by atoms with E-state index < -0.39 is 10.1 Å². The second-order valence-corrected chi connectivity index (χ2v) is 6.94. The fourth-order valence-corrected chi connectivity index (χ4v) is 2.89. The summed E-state index contributed by atoms with van der Waals surface area (Å²) >= 11 is 0. The van der Waals surface area contributed by atoms with Crippen LogP contribution in [0.25, 0.3) is 10.8 Å². The standard InChI is InChI=1S/C18H15NO4S/c1-12-2-4-13(5-3-12)18(20)19-16-8-6-15-11-17(24(21,22)23)9-7-14(15)10-16/h2-11H,1H3,(H,19,20)(H,21,22,23). The Bertz CT molecular complexity index is 1020. The molecular formula is C18H15NO4S. The molecule has 3 aromatic carbocycles. The molecule has 0 aromatic heterocycles. The number of fused-ring (bicyclic) bond motifs is 1. The van der Waals surface area contributed by atoms with Gasteiger partial charge in [-0.25, -0.2) is 0 Å². The maximum absolute atomic E-state index is 12.2. The van der Waals surface area contributed by atoms with E-state index in [1.807, 2.05) is 19.1 Å². The first-order chi connectivity index (χ1) is 11.3. The molecule has 6 heteroatoms. The molecule has 2 N–H and O–H groups in total. The number of carbonyl (C=O) groups is 1. The molecule has 0 aliphatic rings. The van der Waals surface area contributed by atoms with E-state index in [0.29, 0.717) is 16.6 Å². The summed E-state index contributed by atoms with van der Waals surface area (Å²) in [4.78, 5) is 12.1. The zero-order valence-corrected chi connectivity index (χ0v) is 13.7. The van der Waals surface area contributed by atoms with Crippen LogP contribution in [0.1, 0.15) is 15.9 Å². The van der Waals surface area contributed by atoms with Gasteiger partial charge in [-0.05, 0) is 54.1 Å². The van der Waals surface area contributed by atoms with Crippen molar-refractivity contribution in [1.82, 2.24) is 0 Å². The van der Waals surface area contributed by atoms with E-state index in [1.54, 1.807) is 36.4 Å². The molecule has 0 spiro atoms. The summed E-state index contributed by atoms with van der Waals surface area (Å²) in [6, 6.07) is 16.7. The maximum Gasteiger partial charge on any atom is 0.294 e. The van der Waals surface area contributed by atoms with E-state index in [9.17, 15) is 13.2 Å². The zero-order chi connectivity index (χ0) is 17.3. The lowest BCUT2D eigenvalue weighted by Crippen LogP contribution is -2.11. The summed E-state index contributed by atoms with van der Waals surface area (Å²) in [7, 11) is -4.23. The molecule has 24 heavy (non-hydrogen) atoms. The first kappa shape index (κ1) is 16.2. The third-order valence-electron chi connectivity index (χ3n) is 3.68. The lowest BCUT2D eigenvalue weighted by atomic mass is 10.1. The lowest BCUT2D eigenvalue weighted by Gasteiger charge is -2.08. The van der Waals surface area contributed by atoms with Crippen LogP contribution in [-0.4, -0.2) is 18.9 Å². The largest absolute Gasteiger partial charge is 0.322 e. The van der Waals surface area contributed by atoms with Gasteiger partial charge >= 0.3 is 0 Å². The Hall–Kier alpha value is -2.70. The van der Waals surface area contributed by atoms with Crippen molar-refractivity contribution >= 4 is 32.5 Å². The molecule has 0 bridgehead atoms. The van der Waals surface area contributed by atoms with Crippen LogP contribution in [0.3, 0.4) is 0 Å². The van der Waals surface area contributed by atoms with Gasteiger partial charge in [0.15, 0.2) is 0 Å². The Morgan fingerprint density at radius 2 is 1.54 bits per heavy atom. The SMILES string of the molecule is Cc1ccc(C(=O)Nc2ccc3cc(S(=O)(=O)O)ccc3c2)cc1. The molecule has 3 aromatic rings. The van der Waals surface area contributed by atoms with Gasteiger partial charge in [0.05, 0.1) is 4.90 Å². The van der Waals surface area contributed by atoms with Gasteiger partial charge in [0.1, 0.15) is 0 Å². The van der Waals surface area contributed by atoms with Crippen LogP contribution in [0.15, 0.2) is 65.6 Å². The Labute approximate surface area is 139 Å². The van der Waals surface area contributed by atoms with Gasteiger partial charge in [-0.1, -0.05) is 29.8 Å². The molecule has 122 valence electrons. The van der Waals surface area contributed by atoms with Crippen molar-refractivity contribution in [3.63, 3.8) is 0 Å². The molecule has 5 nitrogen and oxygen atoms in total. The number of carbonyl (C=O) groups excluding carboxylic acids is 1. The average molecular weight is 341 g/mol. The van der Waals surface area contributed by atoms with Gasteiger partial charge in [0.25, 0.3) is 16.0 Å². The van der Waals surface area contributed by atoms with Gasteiger partial charge < -0.3 is 5.32 Å². The van der Waals surface area contributed by atoms with Gasteiger partial charge in [-0.3, -0.25) is 9.35 Å². The highest BCUT2D eigenvalue weighted by molar-refractivity contribution is 7.85. The average Bonchev–Trinajstić information content (AvgIpc) is 2.54. The number of amides is 1. The minimum absolute atomic E-state index is 0.161. The third-order valence-corrected chi connectivity index (χ3v) is 4.53. The van der Waals surface area contributed by atoms with E-state index in [1.165, 1.54) is 12.1 Å². The second-order valence-electron chi connectivity index (χ2n) is 5.52. The van der Waals surface area contributed by atoms with Gasteiger partial charge in [0, 0.05) is 11.3 Å². The van der Waals surface area contributed by atoms with Crippen LogP contribution in [0.5, 0.6) is 0 Å². The predicted molar refractivity (Wildman–Crippen MR) is 92.9 cm³/mol. The van der Waals surface area contributed by atoms with Crippen LogP contribution < -0.4 is 5.32 Å². The molecule has 0 aliphatic heterocycles. The zero-order valence-electron chi connectivity index (χ0n) is 12.9. The maximum atomic E-state index is 12.2. The Morgan fingerprint density at radius 1 is 0.917 bits per heavy atom. The predicted octanol–water partition coefficient (Wildman–Crippen LogP) is 3.65. The van der Waals surface area contributed by atoms with E-state index in [0.717, 1.165) is 10.9 Å². The minimum Gasteiger partial charge on any atom is -0.322 e. The van der Waals surface area contributed by atoms with Gasteiger partial charge in [-0.15, -0.1) is 0 Å². The van der Waals surface area contributed by atoms with Crippen LogP contribution >= 0.6 is 0 Å². The van der Waals surface area contributed by atoms with Crippen molar-refractivity contribution in [2.45, 2.75) is 11.8 Å². The van der Waals surface area contributed by atoms with Crippen LogP contribution in [0.2, 0.25) is 0 Å². The van der Waals surface area contributed by atoms with Crippen molar-refractivity contribution in [2.24, 2.45) is 0 Å². The fraction of sp³-hybridized carbons (Fsp3) is 0.0556. The molecule has 0 saturated heterocycles. The summed E-state index contributed by atoms with van der Waals surface area (Å²) in [5.74, 6) is -0.219. The van der Waals surface area contributed by atoms with Crippen LogP contribution in [0.4, 0.5) is 5.69 Å². The van der Waals surface area contributed by atoms with Crippen molar-refractivity contribution in [3.8, 4) is 0 Å². The minimum atomic E-state index is -4.23. The summed E-state index contributed by atoms with van der Waals surface area (Å²) in [5.41, 5.74) is 2.24. The molecule has 0 aliphatic carbocycles. The highest BCUT2D eigenvalue weighted by Gasteiger charge is 2.10. The lowest BCUT2D eigenvalue weighted by molar-refractivity contribution is 0.102. The molecular weight excluding hydrogens is 326 g/mol. The molecule has 0 atom stereocenters. The van der Waals surface area contributed by atoms with E-state index in [-0.39, 0.29) is 10.8 Å². The van der Waals surface area contributed by atoms with Gasteiger partial charge in [-0.2, -0.15) is 8.42 Å². The molecule has 0 unspecified atom stereocenters. The number of nitrogens with one attached hydrogen (secondary N) is 1. The Balaban J connectivity index is 1.88. The number of benzene rings is 3. The number of hydrogen-bond acceptors (Lipinski definition) is 3. The fourth-order valence-electron chi connectivity index (χ4n) is 2.37. The molecule has 3 rings (SSSR count). The molecule has 1 amide bonds. The second kappa shape index (κ2) is 6.07. The first-order valence-corrected chi connectivity index (χ1v) is 8.66. The highest BCUT2D eigenvalue weighted by Crippen LogP contribution is 2.23. The topological polar surface area (TPSA) is 83.5 Å². The quantitative estimate of drug-likeness (QED) is 0.712. The van der Waals surface area contributed by atoms with Crippen molar-refractivity contribution in [1.29, 1.82) is 0 Å². The number of aryl methyl sites for hydroxylation is 1. The first-order valence-electron chi connectivity index (χ1n) is 7.22. The number of anilines is 1. The van der Waals surface area contributed by atoms with E-state index >= 15 is 0 Å². The summed E-state index contributed by atoms with van der Waals surface area (Å²) in [6.07, 6.45) is 0. The monoisotopic (exact) mass is 341 g/mol. The van der Waals surface area contributed by atoms with Crippen molar-refractivity contribution in [3.05, 3.63) is 71.8 Å². The third kappa shape index (κ3) is 3.45. The van der Waals surface area contributed by atoms with Crippen LogP contribution in [-0.2, 0) is 10.1 Å². The molecule has 0 radical (unpaired) electrons. The van der Waals surface area contributed by atoms with Gasteiger partial charge in [0.2, 0.25) is 0 Å². The smallest absolute Gasteiger partial charge is 0.294 e.